The van der Waals surface area contributed by atoms with E-state index in [1.807, 2.05) is 27.7 Å². The van der Waals surface area contributed by atoms with Crippen molar-refractivity contribution in [2.24, 2.45) is 5.92 Å². The van der Waals surface area contributed by atoms with Crippen molar-refractivity contribution in [3.05, 3.63) is 33.3 Å². The first-order chi connectivity index (χ1) is 12.0. The fraction of sp³-hybridized carbons (Fsp3) is 0.579. The molecule has 0 aromatic heterocycles. The van der Waals surface area contributed by atoms with Gasteiger partial charge in [0.25, 0.3) is 0 Å². The molecular formula is C19H25Cl2NO4. The van der Waals surface area contributed by atoms with Crippen molar-refractivity contribution in [1.82, 2.24) is 5.32 Å². The van der Waals surface area contributed by atoms with Crippen LogP contribution in [0.4, 0.5) is 4.79 Å². The summed E-state index contributed by atoms with van der Waals surface area (Å²) in [5, 5.41) is 3.87. The second-order valence-electron chi connectivity index (χ2n) is 7.29. The van der Waals surface area contributed by atoms with E-state index in [1.165, 1.54) is 0 Å². The van der Waals surface area contributed by atoms with Gasteiger partial charge in [-0.15, -0.1) is 0 Å². The first kappa shape index (κ1) is 20.8. The Morgan fingerprint density at radius 1 is 1.31 bits per heavy atom. The molecule has 0 radical (unpaired) electrons. The Morgan fingerprint density at radius 3 is 2.42 bits per heavy atom. The third kappa shape index (κ3) is 3.27. The number of carbonyl (C=O) groups is 2. The summed E-state index contributed by atoms with van der Waals surface area (Å²) in [6.45, 7) is 11.2. The first-order valence-corrected chi connectivity index (χ1v) is 9.36. The van der Waals surface area contributed by atoms with Gasteiger partial charge >= 0.3 is 6.16 Å². The lowest BCUT2D eigenvalue weighted by Crippen LogP contribution is -2.59. The molecule has 1 aliphatic rings. The molecule has 1 aromatic rings. The van der Waals surface area contributed by atoms with Crippen molar-refractivity contribution in [2.45, 2.75) is 58.6 Å². The van der Waals surface area contributed by atoms with Gasteiger partial charge in [0, 0.05) is 10.0 Å². The topological polar surface area (TPSA) is 64.6 Å². The van der Waals surface area contributed by atoms with Gasteiger partial charge in [0.1, 0.15) is 5.92 Å². The lowest BCUT2D eigenvalue weighted by Gasteiger charge is -2.44. The van der Waals surface area contributed by atoms with E-state index in [2.05, 4.69) is 5.32 Å². The molecule has 0 saturated carbocycles. The standard InChI is InChI=1S/C19H25Cl2NO4/c1-7-25-17(24)26-19(6)15(16(23)22-18(19,5)10(2)3)14-11(4)8-12(20)9-13(14)21/h8-10,15H,7H2,1-6H3,(H,22,23). The number of amides is 1. The molecule has 0 aliphatic carbocycles. The van der Waals surface area contributed by atoms with Crippen molar-refractivity contribution in [3.63, 3.8) is 0 Å². The van der Waals surface area contributed by atoms with Crippen molar-refractivity contribution in [2.75, 3.05) is 6.61 Å². The van der Waals surface area contributed by atoms with E-state index in [4.69, 9.17) is 32.7 Å². The maximum atomic E-state index is 13.0. The lowest BCUT2D eigenvalue weighted by molar-refractivity contribution is -0.122. The fourth-order valence-electron chi connectivity index (χ4n) is 3.69. The van der Waals surface area contributed by atoms with Crippen molar-refractivity contribution in [1.29, 1.82) is 0 Å². The molecule has 0 bridgehead atoms. The summed E-state index contributed by atoms with van der Waals surface area (Å²) >= 11 is 12.5. The van der Waals surface area contributed by atoms with Crippen molar-refractivity contribution < 1.29 is 19.1 Å². The zero-order chi connectivity index (χ0) is 19.9. The molecule has 1 aromatic carbocycles. The van der Waals surface area contributed by atoms with Gasteiger partial charge in [0.15, 0.2) is 5.60 Å². The largest absolute Gasteiger partial charge is 0.508 e. The predicted octanol–water partition coefficient (Wildman–Crippen LogP) is 4.86. The molecule has 3 unspecified atom stereocenters. The summed E-state index contributed by atoms with van der Waals surface area (Å²) in [5.74, 6) is -1.05. The summed E-state index contributed by atoms with van der Waals surface area (Å²) in [7, 11) is 0. The van der Waals surface area contributed by atoms with Crippen LogP contribution in [0.25, 0.3) is 0 Å². The molecule has 144 valence electrons. The third-order valence-electron chi connectivity index (χ3n) is 5.53. The van der Waals surface area contributed by atoms with E-state index in [0.29, 0.717) is 15.6 Å². The minimum absolute atomic E-state index is 0.0118. The number of carbonyl (C=O) groups excluding carboxylic acids is 2. The van der Waals surface area contributed by atoms with E-state index in [9.17, 15) is 9.59 Å². The normalized spacial score (nSPS) is 28.2. The average Bonchev–Trinajstić information content (AvgIpc) is 2.68. The molecule has 7 heteroatoms. The second-order valence-corrected chi connectivity index (χ2v) is 8.13. The van der Waals surface area contributed by atoms with Crippen LogP contribution in [0.5, 0.6) is 0 Å². The van der Waals surface area contributed by atoms with E-state index in [0.717, 1.165) is 5.56 Å². The van der Waals surface area contributed by atoms with Crippen LogP contribution in [0.15, 0.2) is 12.1 Å². The Bertz CT molecular complexity index is 713. The zero-order valence-electron chi connectivity index (χ0n) is 15.9. The van der Waals surface area contributed by atoms with Crippen LogP contribution in [0.3, 0.4) is 0 Å². The maximum absolute atomic E-state index is 13.0. The Balaban J connectivity index is 2.66. The van der Waals surface area contributed by atoms with Crippen LogP contribution < -0.4 is 5.32 Å². The van der Waals surface area contributed by atoms with Gasteiger partial charge < -0.3 is 14.8 Å². The molecule has 1 aliphatic heterocycles. The van der Waals surface area contributed by atoms with Gasteiger partial charge in [0.05, 0.1) is 12.1 Å². The Labute approximate surface area is 164 Å². The van der Waals surface area contributed by atoms with Crippen LogP contribution in [-0.2, 0) is 14.3 Å². The zero-order valence-corrected chi connectivity index (χ0v) is 17.4. The number of rotatable bonds is 4. The second kappa shape index (κ2) is 7.28. The monoisotopic (exact) mass is 401 g/mol. The number of nitrogens with one attached hydrogen (secondary N) is 1. The average molecular weight is 402 g/mol. The highest BCUT2D eigenvalue weighted by Crippen LogP contribution is 2.51. The molecular weight excluding hydrogens is 377 g/mol. The number of aryl methyl sites for hydroxylation is 1. The molecule has 26 heavy (non-hydrogen) atoms. The Kier molecular flexibility index (Phi) is 5.83. The number of ether oxygens (including phenoxy) is 2. The number of hydrogen-bond donors (Lipinski definition) is 1. The maximum Gasteiger partial charge on any atom is 0.508 e. The molecule has 3 atom stereocenters. The van der Waals surface area contributed by atoms with Crippen molar-refractivity contribution in [3.8, 4) is 0 Å². The van der Waals surface area contributed by atoms with Gasteiger partial charge in [-0.2, -0.15) is 0 Å². The van der Waals surface area contributed by atoms with Gasteiger partial charge in [-0.25, -0.2) is 4.79 Å². The van der Waals surface area contributed by atoms with E-state index in [-0.39, 0.29) is 18.4 Å². The van der Waals surface area contributed by atoms with Crippen LogP contribution in [-0.4, -0.2) is 29.8 Å². The van der Waals surface area contributed by atoms with Crippen LogP contribution in [0, 0.1) is 12.8 Å². The molecule has 1 amide bonds. The predicted molar refractivity (Wildman–Crippen MR) is 102 cm³/mol. The minimum atomic E-state index is -1.20. The van der Waals surface area contributed by atoms with Gasteiger partial charge in [-0.05, 0) is 56.9 Å². The van der Waals surface area contributed by atoms with E-state index in [1.54, 1.807) is 26.0 Å². The summed E-state index contributed by atoms with van der Waals surface area (Å²) in [6.07, 6.45) is -0.814. The number of hydrogen-bond acceptors (Lipinski definition) is 4. The van der Waals surface area contributed by atoms with Crippen LogP contribution in [0.2, 0.25) is 10.0 Å². The summed E-state index contributed by atoms with van der Waals surface area (Å²) in [5.41, 5.74) is -0.650. The molecule has 1 fully saturated rings. The SMILES string of the molecule is CCOC(=O)OC1(C)C(c2c(C)cc(Cl)cc2Cl)C(=O)NC1(C)C(C)C. The molecule has 1 heterocycles. The van der Waals surface area contributed by atoms with Gasteiger partial charge in [0.2, 0.25) is 5.91 Å². The van der Waals surface area contributed by atoms with Crippen LogP contribution >= 0.6 is 23.2 Å². The van der Waals surface area contributed by atoms with E-state index >= 15 is 0 Å². The summed E-state index contributed by atoms with van der Waals surface area (Å²) < 4.78 is 10.7. The Morgan fingerprint density at radius 2 is 1.92 bits per heavy atom. The summed E-state index contributed by atoms with van der Waals surface area (Å²) in [4.78, 5) is 25.2. The van der Waals surface area contributed by atoms with E-state index < -0.39 is 23.2 Å². The Hall–Kier alpha value is -1.46. The number of halogens is 2. The lowest BCUT2D eigenvalue weighted by atomic mass is 9.69. The molecule has 1 N–H and O–H groups in total. The molecule has 1 saturated heterocycles. The van der Waals surface area contributed by atoms with Crippen LogP contribution in [0.1, 0.15) is 51.7 Å². The smallest absolute Gasteiger partial charge is 0.435 e. The third-order valence-corrected chi connectivity index (χ3v) is 6.06. The fourth-order valence-corrected chi connectivity index (χ4v) is 4.39. The highest BCUT2D eigenvalue weighted by Gasteiger charge is 2.64. The highest BCUT2D eigenvalue weighted by atomic mass is 35.5. The van der Waals surface area contributed by atoms with Gasteiger partial charge in [-0.3, -0.25) is 4.79 Å². The summed E-state index contributed by atoms with van der Waals surface area (Å²) in [6, 6.07) is 3.33. The molecule has 2 rings (SSSR count). The molecule has 5 nitrogen and oxygen atoms in total. The number of benzene rings is 1. The quantitative estimate of drug-likeness (QED) is 0.731. The van der Waals surface area contributed by atoms with Crippen molar-refractivity contribution >= 4 is 35.3 Å². The molecule has 0 spiro atoms. The van der Waals surface area contributed by atoms with Gasteiger partial charge in [-0.1, -0.05) is 37.0 Å². The highest BCUT2D eigenvalue weighted by molar-refractivity contribution is 6.35. The first-order valence-electron chi connectivity index (χ1n) is 8.61. The minimum Gasteiger partial charge on any atom is -0.435 e.